The second-order valence-electron chi connectivity index (χ2n) is 16.8. The van der Waals surface area contributed by atoms with E-state index in [1.54, 1.807) is 11.3 Å². The number of benzene rings is 7. The summed E-state index contributed by atoms with van der Waals surface area (Å²) in [4.78, 5) is 6.07. The highest BCUT2D eigenvalue weighted by atomic mass is 32.1. The third-order valence-electron chi connectivity index (χ3n) is 11.8. The van der Waals surface area contributed by atoms with E-state index in [1.165, 1.54) is 10.1 Å². The number of halogens is 24. The summed E-state index contributed by atoms with van der Waals surface area (Å²) in [6.45, 7) is 0. The SMILES string of the molecule is FC(F)(F)c1cc([B-](c2cc(C(F)(F)F)cc(C(F)(F)F)c2)(c2cc(C(F)(F)F)cc(C(F)(F)F)c2)c2cc(C(F)(F)F)cc(C(F)(F)F)c2)cc(C(F)(F)F)c1.c1ccc2c(O[n+]3csc4ccccc43)cccc2c1. The van der Waals surface area contributed by atoms with Gasteiger partial charge in [-0.05, 0) is 41.8 Å². The average Bonchev–Trinajstić information content (AvgIpc) is 3.72. The van der Waals surface area contributed by atoms with Crippen LogP contribution in [0, 0.1) is 0 Å². The topological polar surface area (TPSA) is 13.1 Å². The van der Waals surface area contributed by atoms with E-state index in [-0.39, 0.29) is 0 Å². The van der Waals surface area contributed by atoms with E-state index in [1.807, 2.05) is 46.6 Å². The van der Waals surface area contributed by atoms with E-state index in [0.717, 1.165) is 16.7 Å². The molecule has 2 nitrogen and oxygen atoms in total. The van der Waals surface area contributed by atoms with Crippen molar-refractivity contribution in [3.63, 3.8) is 0 Å². The predicted molar refractivity (Wildman–Crippen MR) is 232 cm³/mol. The minimum atomic E-state index is -6.13. The molecule has 408 valence electrons. The van der Waals surface area contributed by atoms with Crippen LogP contribution in [0.2, 0.25) is 0 Å². The summed E-state index contributed by atoms with van der Waals surface area (Å²) >= 11 is 1.68. The molecule has 0 N–H and O–H groups in total. The van der Waals surface area contributed by atoms with Crippen LogP contribution in [0.1, 0.15) is 44.5 Å². The molecule has 28 heteroatoms. The van der Waals surface area contributed by atoms with Gasteiger partial charge in [-0.2, -0.15) is 127 Å². The fourth-order valence-corrected chi connectivity index (χ4v) is 9.22. The Hall–Kier alpha value is -7.13. The molecule has 1 heterocycles. The number of thiazole rings is 1. The van der Waals surface area contributed by atoms with Gasteiger partial charge in [0.25, 0.3) is 11.0 Å². The molecule has 0 bridgehead atoms. The minimum Gasteiger partial charge on any atom is -0.229 e. The van der Waals surface area contributed by atoms with Gasteiger partial charge in [-0.25, -0.2) is 4.84 Å². The summed E-state index contributed by atoms with van der Waals surface area (Å²) in [5.74, 6) is 0.872. The zero-order valence-electron chi connectivity index (χ0n) is 37.3. The fourth-order valence-electron chi connectivity index (χ4n) is 8.42. The smallest absolute Gasteiger partial charge is 0.229 e. The zero-order valence-corrected chi connectivity index (χ0v) is 38.1. The summed E-state index contributed by atoms with van der Waals surface area (Å²) in [5, 5.41) is 2.31. The van der Waals surface area contributed by atoms with Crippen molar-refractivity contribution >= 4 is 60.3 Å². The lowest BCUT2D eigenvalue weighted by molar-refractivity contribution is -0.851. The molecular weight excluding hydrogens is 1120 g/mol. The van der Waals surface area contributed by atoms with Crippen LogP contribution in [0.3, 0.4) is 0 Å². The summed E-state index contributed by atoms with van der Waals surface area (Å²) in [5.41, 5.74) is -27.1. The maximum Gasteiger partial charge on any atom is 0.416 e. The van der Waals surface area contributed by atoms with Crippen LogP contribution >= 0.6 is 11.3 Å². The normalized spacial score (nSPS) is 13.5. The number of fused-ring (bicyclic) bond motifs is 2. The van der Waals surface area contributed by atoms with Gasteiger partial charge in [-0.3, -0.25) is 0 Å². The van der Waals surface area contributed by atoms with E-state index >= 15 is 0 Å². The second-order valence-corrected chi connectivity index (χ2v) is 17.7. The van der Waals surface area contributed by atoms with E-state index in [0.29, 0.717) is 0 Å². The highest BCUT2D eigenvalue weighted by Crippen LogP contribution is 2.42. The van der Waals surface area contributed by atoms with Crippen LogP contribution in [0.5, 0.6) is 5.75 Å². The van der Waals surface area contributed by atoms with Crippen LogP contribution in [0.25, 0.3) is 21.0 Å². The second kappa shape index (κ2) is 19.7. The predicted octanol–water partition coefficient (Wildman–Crippen LogP) is 15.4. The van der Waals surface area contributed by atoms with E-state index in [2.05, 4.69) is 30.3 Å². The largest absolute Gasteiger partial charge is 0.416 e. The molecule has 8 rings (SSSR count). The maximum absolute atomic E-state index is 14.2. The summed E-state index contributed by atoms with van der Waals surface area (Å²) < 4.78 is 344. The molecule has 0 aliphatic carbocycles. The van der Waals surface area contributed by atoms with Crippen molar-refractivity contribution in [2.24, 2.45) is 0 Å². The molecule has 0 spiro atoms. The quantitative estimate of drug-likeness (QED) is 0.0919. The number of para-hydroxylation sites is 1. The fraction of sp³-hybridized carbons (Fsp3) is 0.163. The number of alkyl halides is 24. The maximum atomic E-state index is 14.2. The van der Waals surface area contributed by atoms with Crippen LogP contribution in [-0.2, 0) is 49.4 Å². The Morgan fingerprint density at radius 3 is 0.935 bits per heavy atom. The molecule has 0 radical (unpaired) electrons. The Kier molecular flexibility index (Phi) is 14.7. The third kappa shape index (κ3) is 12.4. The van der Waals surface area contributed by atoms with Gasteiger partial charge >= 0.3 is 49.4 Å². The molecule has 0 aliphatic rings. The first-order valence-electron chi connectivity index (χ1n) is 21.1. The molecule has 0 saturated carbocycles. The Bertz CT molecular complexity index is 3030. The summed E-state index contributed by atoms with van der Waals surface area (Å²) in [6.07, 6.45) is -54.8. The average molecular weight is 1140 g/mol. The molecule has 0 fully saturated rings. The van der Waals surface area contributed by atoms with E-state index < -0.39 is 195 Å². The van der Waals surface area contributed by atoms with Crippen molar-refractivity contribution in [2.75, 3.05) is 0 Å². The van der Waals surface area contributed by atoms with Crippen LogP contribution in [0.4, 0.5) is 105 Å². The number of nitrogens with zero attached hydrogens (tertiary/aromatic N) is 1. The van der Waals surface area contributed by atoms with Gasteiger partial charge in [0.05, 0.1) is 44.5 Å². The van der Waals surface area contributed by atoms with Crippen molar-refractivity contribution in [3.05, 3.63) is 190 Å². The van der Waals surface area contributed by atoms with Gasteiger partial charge in [-0.1, -0.05) is 108 Å². The number of hydrogen-bond acceptors (Lipinski definition) is 2. The monoisotopic (exact) mass is 1140 g/mol. The van der Waals surface area contributed by atoms with Gasteiger partial charge in [0.1, 0.15) is 10.8 Å². The van der Waals surface area contributed by atoms with Gasteiger partial charge in [0.15, 0.2) is 0 Å². The lowest BCUT2D eigenvalue weighted by Gasteiger charge is -2.46. The molecule has 0 aliphatic heterocycles. The Labute approximate surface area is 419 Å². The van der Waals surface area contributed by atoms with Crippen molar-refractivity contribution in [2.45, 2.75) is 49.4 Å². The van der Waals surface area contributed by atoms with Gasteiger partial charge in [0.2, 0.25) is 5.75 Å². The molecule has 8 aromatic rings. The zero-order chi connectivity index (χ0) is 57.3. The molecule has 0 unspecified atom stereocenters. The molecule has 0 saturated heterocycles. The molecule has 0 atom stereocenters. The number of rotatable bonds is 6. The van der Waals surface area contributed by atoms with Crippen molar-refractivity contribution < 1.29 is 115 Å². The Morgan fingerprint density at radius 2 is 0.610 bits per heavy atom. The number of hydrogen-bond donors (Lipinski definition) is 0. The minimum absolute atomic E-state index is 0.691. The highest BCUT2D eigenvalue weighted by Gasteiger charge is 2.47. The first-order chi connectivity index (χ1) is 35.2. The van der Waals surface area contributed by atoms with Crippen molar-refractivity contribution in [1.29, 1.82) is 0 Å². The standard InChI is InChI=1S/C32H12BF24.C17H12NOS/c34-25(35,36)13-1-14(26(37,38)39)6-21(5-13)33(22-7-15(27(40,41)42)2-16(8-22)28(43,44)45,23-9-17(29(46,47)48)3-18(10-23)30(49,50)51)24-11-19(31(52,53)54)4-20(12-24)32(55,56)57;1-2-8-14-13(6-1)7-5-10-16(14)19-18-12-20-17-11-4-3-9-15(17)18/h1-12H;1-12H/q-1;+1. The first kappa shape index (κ1) is 57.6. The van der Waals surface area contributed by atoms with Crippen molar-refractivity contribution in [3.8, 4) is 5.75 Å². The lowest BCUT2D eigenvalue weighted by Crippen LogP contribution is -2.75. The third-order valence-corrected chi connectivity index (χ3v) is 12.7. The van der Waals surface area contributed by atoms with E-state index in [4.69, 9.17) is 4.84 Å². The van der Waals surface area contributed by atoms with Gasteiger partial charge in [-0.15, -0.1) is 0 Å². The van der Waals surface area contributed by atoms with Crippen molar-refractivity contribution in [1.82, 2.24) is 0 Å². The number of aromatic nitrogens is 1. The Balaban J connectivity index is 0.000000353. The van der Waals surface area contributed by atoms with Crippen LogP contribution in [-0.4, -0.2) is 6.15 Å². The molecule has 1 aromatic heterocycles. The Morgan fingerprint density at radius 1 is 0.325 bits per heavy atom. The molecule has 7 aromatic carbocycles. The summed E-state index contributed by atoms with van der Waals surface area (Å²) in [7, 11) is 0. The first-order valence-corrected chi connectivity index (χ1v) is 22.0. The molecular formula is C49H24BF24NOS. The lowest BCUT2D eigenvalue weighted by atomic mass is 9.12. The van der Waals surface area contributed by atoms with E-state index in [9.17, 15) is 105 Å². The molecule has 0 amide bonds. The van der Waals surface area contributed by atoms with Gasteiger partial charge in [0, 0.05) is 16.2 Å². The molecule has 77 heavy (non-hydrogen) atoms. The summed E-state index contributed by atoms with van der Waals surface area (Å²) in [6, 6.07) is 13.8. The van der Waals surface area contributed by atoms with Crippen LogP contribution < -0.4 is 31.4 Å². The van der Waals surface area contributed by atoms with Gasteiger partial charge < -0.3 is 0 Å². The highest BCUT2D eigenvalue weighted by molar-refractivity contribution is 7.20. The van der Waals surface area contributed by atoms with Crippen LogP contribution in [0.15, 0.2) is 145 Å².